The van der Waals surface area contributed by atoms with Crippen molar-refractivity contribution in [3.05, 3.63) is 89.7 Å². The first-order chi connectivity index (χ1) is 12.5. The Morgan fingerprint density at radius 2 is 1.31 bits per heavy atom. The van der Waals surface area contributed by atoms with E-state index < -0.39 is 0 Å². The van der Waals surface area contributed by atoms with Crippen LogP contribution in [0.1, 0.15) is 26.3 Å². The van der Waals surface area contributed by atoms with Crippen molar-refractivity contribution in [1.82, 2.24) is 4.98 Å². The SMILES string of the molecule is CN(C)c1ccc(C(=O)c2ccc(NC(=O)c3ccncc3)cc2)cc1. The summed E-state index contributed by atoms with van der Waals surface area (Å²) >= 11 is 0. The van der Waals surface area contributed by atoms with Gasteiger partial charge >= 0.3 is 0 Å². The summed E-state index contributed by atoms with van der Waals surface area (Å²) in [7, 11) is 3.91. The van der Waals surface area contributed by atoms with Gasteiger partial charge in [0.05, 0.1) is 0 Å². The molecule has 1 heterocycles. The maximum absolute atomic E-state index is 12.6. The molecule has 1 N–H and O–H groups in total. The van der Waals surface area contributed by atoms with E-state index in [-0.39, 0.29) is 11.7 Å². The average molecular weight is 345 g/mol. The third kappa shape index (κ3) is 3.95. The van der Waals surface area contributed by atoms with Crippen molar-refractivity contribution in [1.29, 1.82) is 0 Å². The number of carbonyl (C=O) groups is 2. The number of carbonyl (C=O) groups excluding carboxylic acids is 2. The van der Waals surface area contributed by atoms with Crippen LogP contribution in [0.25, 0.3) is 0 Å². The van der Waals surface area contributed by atoms with Gasteiger partial charge in [-0.05, 0) is 60.7 Å². The molecule has 0 spiro atoms. The summed E-state index contributed by atoms with van der Waals surface area (Å²) in [5.74, 6) is -0.270. The molecule has 0 radical (unpaired) electrons. The molecule has 0 fully saturated rings. The van der Waals surface area contributed by atoms with Gasteiger partial charge in [-0.3, -0.25) is 14.6 Å². The topological polar surface area (TPSA) is 62.3 Å². The minimum Gasteiger partial charge on any atom is -0.378 e. The van der Waals surface area contributed by atoms with Crippen molar-refractivity contribution in [3.63, 3.8) is 0 Å². The minimum atomic E-state index is -0.217. The minimum absolute atomic E-state index is 0.0534. The second-order valence-electron chi connectivity index (χ2n) is 6.04. The number of rotatable bonds is 5. The van der Waals surface area contributed by atoms with Crippen molar-refractivity contribution in [2.45, 2.75) is 0 Å². The lowest BCUT2D eigenvalue weighted by molar-refractivity contribution is 0.102. The molecular formula is C21H19N3O2. The highest BCUT2D eigenvalue weighted by Crippen LogP contribution is 2.17. The molecular weight excluding hydrogens is 326 g/mol. The summed E-state index contributed by atoms with van der Waals surface area (Å²) in [6.07, 6.45) is 3.14. The number of benzene rings is 2. The Labute approximate surface area is 152 Å². The number of amides is 1. The molecule has 5 heteroatoms. The molecule has 2 aromatic carbocycles. The quantitative estimate of drug-likeness (QED) is 0.717. The summed E-state index contributed by atoms with van der Waals surface area (Å²) < 4.78 is 0. The molecule has 0 aliphatic carbocycles. The Morgan fingerprint density at radius 1 is 0.769 bits per heavy atom. The smallest absolute Gasteiger partial charge is 0.255 e. The lowest BCUT2D eigenvalue weighted by atomic mass is 10.0. The fourth-order valence-corrected chi connectivity index (χ4v) is 2.49. The number of hydrogen-bond donors (Lipinski definition) is 1. The molecule has 1 amide bonds. The molecule has 5 nitrogen and oxygen atoms in total. The number of ketones is 1. The zero-order valence-electron chi connectivity index (χ0n) is 14.6. The van der Waals surface area contributed by atoms with E-state index in [0.29, 0.717) is 22.4 Å². The van der Waals surface area contributed by atoms with Crippen molar-refractivity contribution >= 4 is 23.1 Å². The molecule has 0 atom stereocenters. The second kappa shape index (κ2) is 7.61. The molecule has 0 saturated carbocycles. The van der Waals surface area contributed by atoms with Crippen LogP contribution in [0.2, 0.25) is 0 Å². The van der Waals surface area contributed by atoms with Crippen LogP contribution in [0.3, 0.4) is 0 Å². The Morgan fingerprint density at radius 3 is 1.85 bits per heavy atom. The summed E-state index contributed by atoms with van der Waals surface area (Å²) in [4.78, 5) is 30.6. The first-order valence-corrected chi connectivity index (χ1v) is 8.18. The maximum atomic E-state index is 12.6. The second-order valence-corrected chi connectivity index (χ2v) is 6.04. The highest BCUT2D eigenvalue weighted by molar-refractivity contribution is 6.09. The van der Waals surface area contributed by atoms with E-state index in [1.807, 2.05) is 43.3 Å². The molecule has 3 rings (SSSR count). The van der Waals surface area contributed by atoms with E-state index >= 15 is 0 Å². The number of nitrogens with one attached hydrogen (secondary N) is 1. The normalized spacial score (nSPS) is 10.2. The van der Waals surface area contributed by atoms with Gasteiger partial charge in [0.1, 0.15) is 0 Å². The van der Waals surface area contributed by atoms with Crippen LogP contribution < -0.4 is 10.2 Å². The van der Waals surface area contributed by atoms with E-state index in [9.17, 15) is 9.59 Å². The van der Waals surface area contributed by atoms with Crippen LogP contribution in [-0.4, -0.2) is 30.8 Å². The van der Waals surface area contributed by atoms with Crippen LogP contribution in [-0.2, 0) is 0 Å². The van der Waals surface area contributed by atoms with Crippen molar-refractivity contribution in [2.75, 3.05) is 24.3 Å². The van der Waals surface area contributed by atoms with Gasteiger partial charge in [-0.15, -0.1) is 0 Å². The molecule has 3 aromatic rings. The van der Waals surface area contributed by atoms with Crippen molar-refractivity contribution in [3.8, 4) is 0 Å². The average Bonchev–Trinajstić information content (AvgIpc) is 2.69. The monoisotopic (exact) mass is 345 g/mol. The zero-order valence-corrected chi connectivity index (χ0v) is 14.6. The summed E-state index contributed by atoms with van der Waals surface area (Å²) in [5, 5.41) is 2.80. The number of nitrogens with zero attached hydrogens (tertiary/aromatic N) is 2. The number of aromatic nitrogens is 1. The zero-order chi connectivity index (χ0) is 18.5. The van der Waals surface area contributed by atoms with Crippen LogP contribution in [0.5, 0.6) is 0 Å². The Bertz CT molecular complexity index is 902. The maximum Gasteiger partial charge on any atom is 0.255 e. The number of pyridine rings is 1. The van der Waals surface area contributed by atoms with Gasteiger partial charge in [0, 0.05) is 54.6 Å². The van der Waals surface area contributed by atoms with Gasteiger partial charge in [-0.1, -0.05) is 0 Å². The molecule has 130 valence electrons. The van der Waals surface area contributed by atoms with E-state index in [1.54, 1.807) is 48.8 Å². The lowest BCUT2D eigenvalue weighted by Gasteiger charge is -2.12. The highest BCUT2D eigenvalue weighted by atomic mass is 16.1. The third-order valence-corrected chi connectivity index (χ3v) is 3.99. The van der Waals surface area contributed by atoms with Crippen molar-refractivity contribution in [2.24, 2.45) is 0 Å². The first kappa shape index (κ1) is 17.4. The van der Waals surface area contributed by atoms with Crippen LogP contribution >= 0.6 is 0 Å². The van der Waals surface area contributed by atoms with E-state index in [0.717, 1.165) is 5.69 Å². The van der Waals surface area contributed by atoms with Gasteiger partial charge in [0.25, 0.3) is 5.91 Å². The van der Waals surface area contributed by atoms with Crippen molar-refractivity contribution < 1.29 is 9.59 Å². The van der Waals surface area contributed by atoms with Gasteiger partial charge in [0.2, 0.25) is 0 Å². The highest BCUT2D eigenvalue weighted by Gasteiger charge is 2.10. The van der Waals surface area contributed by atoms with Gasteiger partial charge < -0.3 is 10.2 Å². The Balaban J connectivity index is 1.70. The van der Waals surface area contributed by atoms with E-state index in [4.69, 9.17) is 0 Å². The molecule has 0 saturated heterocycles. The van der Waals surface area contributed by atoms with Gasteiger partial charge in [0.15, 0.2) is 5.78 Å². The summed E-state index contributed by atoms with van der Waals surface area (Å²) in [5.41, 5.74) is 3.40. The van der Waals surface area contributed by atoms with Crippen LogP contribution in [0, 0.1) is 0 Å². The molecule has 1 aromatic heterocycles. The predicted octanol–water partition coefficient (Wildman–Crippen LogP) is 3.63. The molecule has 0 aliphatic heterocycles. The largest absolute Gasteiger partial charge is 0.378 e. The molecule has 0 unspecified atom stereocenters. The fourth-order valence-electron chi connectivity index (χ4n) is 2.49. The summed E-state index contributed by atoms with van der Waals surface area (Å²) in [6, 6.07) is 17.6. The fraction of sp³-hybridized carbons (Fsp3) is 0.0952. The standard InChI is InChI=1S/C21H19N3O2/c1-24(2)19-9-5-16(6-10-19)20(25)15-3-7-18(8-4-15)23-21(26)17-11-13-22-14-12-17/h3-14H,1-2H3,(H,23,26). The lowest BCUT2D eigenvalue weighted by Crippen LogP contribution is -2.12. The van der Waals surface area contributed by atoms with Gasteiger partial charge in [-0.2, -0.15) is 0 Å². The number of hydrogen-bond acceptors (Lipinski definition) is 4. The summed E-state index contributed by atoms with van der Waals surface area (Å²) in [6.45, 7) is 0. The predicted molar refractivity (Wildman–Crippen MR) is 103 cm³/mol. The molecule has 0 aliphatic rings. The molecule has 0 bridgehead atoms. The Kier molecular flexibility index (Phi) is 5.08. The number of anilines is 2. The first-order valence-electron chi connectivity index (χ1n) is 8.18. The third-order valence-electron chi connectivity index (χ3n) is 3.99. The van der Waals surface area contributed by atoms with E-state index in [1.165, 1.54) is 0 Å². The van der Waals surface area contributed by atoms with E-state index in [2.05, 4.69) is 10.3 Å². The van der Waals surface area contributed by atoms with Crippen LogP contribution in [0.4, 0.5) is 11.4 Å². The van der Waals surface area contributed by atoms with Gasteiger partial charge in [-0.25, -0.2) is 0 Å². The van der Waals surface area contributed by atoms with Crippen LogP contribution in [0.15, 0.2) is 73.1 Å². The Hall–Kier alpha value is -3.47. The molecule has 26 heavy (non-hydrogen) atoms.